The van der Waals surface area contributed by atoms with Crippen molar-refractivity contribution in [2.45, 2.75) is 24.1 Å². The van der Waals surface area contributed by atoms with E-state index in [1.807, 2.05) is 6.92 Å². The lowest BCUT2D eigenvalue weighted by Crippen LogP contribution is -2.25. The van der Waals surface area contributed by atoms with Crippen LogP contribution >= 0.6 is 34.8 Å². The van der Waals surface area contributed by atoms with E-state index in [1.165, 1.54) is 6.92 Å². The number of carbonyl (C=O) groups excluding carboxylic acids is 1. The van der Waals surface area contributed by atoms with Gasteiger partial charge < -0.3 is 0 Å². The van der Waals surface area contributed by atoms with Crippen LogP contribution in [-0.4, -0.2) is 9.58 Å². The molecule has 0 rings (SSSR count). The molecule has 0 aliphatic heterocycles. The molecular formula is C6H9Cl3O. The van der Waals surface area contributed by atoms with Gasteiger partial charge >= 0.3 is 0 Å². The lowest BCUT2D eigenvalue weighted by molar-refractivity contribution is -0.120. The number of ketones is 1. The molecule has 0 aliphatic carbocycles. The summed E-state index contributed by atoms with van der Waals surface area (Å²) in [6.07, 6.45) is 0.561. The molecule has 0 spiro atoms. The summed E-state index contributed by atoms with van der Waals surface area (Å²) in [6.45, 7) is 3.24. The van der Waals surface area contributed by atoms with Crippen LogP contribution in [0.4, 0.5) is 0 Å². The van der Waals surface area contributed by atoms with Gasteiger partial charge in [0, 0.05) is 0 Å². The number of alkyl halides is 3. The van der Waals surface area contributed by atoms with E-state index in [0.29, 0.717) is 6.42 Å². The van der Waals surface area contributed by atoms with Crippen molar-refractivity contribution < 1.29 is 4.79 Å². The standard InChI is InChI=1S/C6H9Cl3O/c1-3-5(4(2)10)6(7,8)9/h5H,3H2,1-2H3. The molecule has 0 aromatic heterocycles. The molecule has 0 bridgehead atoms. The fourth-order valence-electron chi connectivity index (χ4n) is 0.749. The summed E-state index contributed by atoms with van der Waals surface area (Å²) in [7, 11) is 0. The van der Waals surface area contributed by atoms with Crippen molar-refractivity contribution >= 4 is 40.6 Å². The highest BCUT2D eigenvalue weighted by Crippen LogP contribution is 2.37. The smallest absolute Gasteiger partial charge is 0.200 e. The Morgan fingerprint density at radius 3 is 1.90 bits per heavy atom. The third-order valence-electron chi connectivity index (χ3n) is 1.29. The van der Waals surface area contributed by atoms with Crippen molar-refractivity contribution in [3.63, 3.8) is 0 Å². The van der Waals surface area contributed by atoms with Crippen molar-refractivity contribution in [1.82, 2.24) is 0 Å². The first-order valence-electron chi connectivity index (χ1n) is 2.96. The second kappa shape index (κ2) is 3.80. The Hall–Kier alpha value is 0.540. The van der Waals surface area contributed by atoms with Gasteiger partial charge in [-0.15, -0.1) is 0 Å². The minimum absolute atomic E-state index is 0.0810. The number of Topliss-reactive ketones (excluding diaryl/α,β-unsaturated/α-hetero) is 1. The van der Waals surface area contributed by atoms with Gasteiger partial charge in [0.2, 0.25) is 0 Å². The minimum Gasteiger partial charge on any atom is -0.300 e. The van der Waals surface area contributed by atoms with E-state index in [4.69, 9.17) is 34.8 Å². The van der Waals surface area contributed by atoms with E-state index in [9.17, 15) is 4.79 Å². The van der Waals surface area contributed by atoms with Crippen LogP contribution in [0.5, 0.6) is 0 Å². The predicted octanol–water partition coefficient (Wildman–Crippen LogP) is 2.97. The third-order valence-corrected chi connectivity index (χ3v) is 2.08. The van der Waals surface area contributed by atoms with Crippen molar-refractivity contribution in [3.8, 4) is 0 Å². The Bertz CT molecular complexity index is 127. The Labute approximate surface area is 75.6 Å². The average Bonchev–Trinajstić information content (AvgIpc) is 1.60. The molecule has 0 heterocycles. The monoisotopic (exact) mass is 202 g/mol. The van der Waals surface area contributed by atoms with Gasteiger partial charge in [-0.25, -0.2) is 0 Å². The second-order valence-electron chi connectivity index (χ2n) is 2.11. The molecule has 1 nitrogen and oxygen atoms in total. The van der Waals surface area contributed by atoms with E-state index in [-0.39, 0.29) is 5.78 Å². The summed E-state index contributed by atoms with van der Waals surface area (Å²) in [5.41, 5.74) is 0. The van der Waals surface area contributed by atoms with Crippen molar-refractivity contribution in [2.24, 2.45) is 5.92 Å². The van der Waals surface area contributed by atoms with Gasteiger partial charge in [-0.3, -0.25) is 4.79 Å². The predicted molar refractivity (Wildman–Crippen MR) is 44.8 cm³/mol. The quantitative estimate of drug-likeness (QED) is 0.631. The van der Waals surface area contributed by atoms with Crippen LogP contribution in [0.3, 0.4) is 0 Å². The van der Waals surface area contributed by atoms with Gasteiger partial charge in [0.1, 0.15) is 5.78 Å². The first-order valence-corrected chi connectivity index (χ1v) is 4.10. The maximum absolute atomic E-state index is 10.8. The van der Waals surface area contributed by atoms with E-state index in [2.05, 4.69) is 0 Å². The Balaban J connectivity index is 4.22. The Kier molecular flexibility index (Phi) is 4.00. The maximum atomic E-state index is 10.8. The van der Waals surface area contributed by atoms with Gasteiger partial charge in [0.25, 0.3) is 0 Å². The third kappa shape index (κ3) is 3.09. The molecular weight excluding hydrogens is 194 g/mol. The summed E-state index contributed by atoms with van der Waals surface area (Å²) in [5.74, 6) is -0.556. The maximum Gasteiger partial charge on any atom is 0.200 e. The summed E-state index contributed by atoms with van der Waals surface area (Å²) >= 11 is 16.5. The average molecular weight is 203 g/mol. The molecule has 60 valence electrons. The molecule has 0 radical (unpaired) electrons. The fraction of sp³-hybridized carbons (Fsp3) is 0.833. The largest absolute Gasteiger partial charge is 0.300 e. The molecule has 0 N–H and O–H groups in total. The molecule has 1 unspecified atom stereocenters. The zero-order valence-corrected chi connectivity index (χ0v) is 8.09. The second-order valence-corrected chi connectivity index (χ2v) is 4.48. The Morgan fingerprint density at radius 1 is 1.50 bits per heavy atom. The van der Waals surface area contributed by atoms with Crippen molar-refractivity contribution in [3.05, 3.63) is 0 Å². The SMILES string of the molecule is CCC(C(C)=O)C(Cl)(Cl)Cl. The summed E-state index contributed by atoms with van der Waals surface area (Å²) in [5, 5.41) is 0. The van der Waals surface area contributed by atoms with Crippen LogP contribution in [0, 0.1) is 5.92 Å². The van der Waals surface area contributed by atoms with E-state index >= 15 is 0 Å². The van der Waals surface area contributed by atoms with Crippen molar-refractivity contribution in [1.29, 1.82) is 0 Å². The zero-order valence-electron chi connectivity index (χ0n) is 5.83. The Morgan fingerprint density at radius 2 is 1.90 bits per heavy atom. The van der Waals surface area contributed by atoms with E-state index in [1.54, 1.807) is 0 Å². The number of carbonyl (C=O) groups is 1. The van der Waals surface area contributed by atoms with Gasteiger partial charge in [-0.2, -0.15) is 0 Å². The molecule has 10 heavy (non-hydrogen) atoms. The number of hydrogen-bond acceptors (Lipinski definition) is 1. The van der Waals surface area contributed by atoms with Gasteiger partial charge in [-0.05, 0) is 13.3 Å². The first kappa shape index (κ1) is 10.5. The topological polar surface area (TPSA) is 17.1 Å². The molecule has 0 saturated carbocycles. The summed E-state index contributed by atoms with van der Waals surface area (Å²) < 4.78 is -1.44. The summed E-state index contributed by atoms with van der Waals surface area (Å²) in [6, 6.07) is 0. The molecule has 0 aliphatic rings. The lowest BCUT2D eigenvalue weighted by atomic mass is 10.1. The van der Waals surface area contributed by atoms with Gasteiger partial charge in [-0.1, -0.05) is 41.7 Å². The van der Waals surface area contributed by atoms with Crippen LogP contribution in [0.2, 0.25) is 0 Å². The van der Waals surface area contributed by atoms with Crippen molar-refractivity contribution in [2.75, 3.05) is 0 Å². The molecule has 0 aromatic rings. The van der Waals surface area contributed by atoms with E-state index < -0.39 is 9.71 Å². The number of rotatable bonds is 2. The minimum atomic E-state index is -1.44. The molecule has 1 atom stereocenters. The summed E-state index contributed by atoms with van der Waals surface area (Å²) in [4.78, 5) is 10.8. The van der Waals surface area contributed by atoms with Crippen LogP contribution in [-0.2, 0) is 4.79 Å². The molecule has 0 fully saturated rings. The van der Waals surface area contributed by atoms with Gasteiger partial charge in [0.15, 0.2) is 3.79 Å². The van der Waals surface area contributed by atoms with Crippen LogP contribution in [0.15, 0.2) is 0 Å². The molecule has 0 saturated heterocycles. The zero-order chi connectivity index (χ0) is 8.36. The fourth-order valence-corrected chi connectivity index (χ4v) is 1.67. The van der Waals surface area contributed by atoms with E-state index in [0.717, 1.165) is 0 Å². The number of hydrogen-bond donors (Lipinski definition) is 0. The van der Waals surface area contributed by atoms with Crippen LogP contribution < -0.4 is 0 Å². The molecule has 0 amide bonds. The van der Waals surface area contributed by atoms with Crippen LogP contribution in [0.25, 0.3) is 0 Å². The highest BCUT2D eigenvalue weighted by atomic mass is 35.6. The van der Waals surface area contributed by atoms with Crippen LogP contribution in [0.1, 0.15) is 20.3 Å². The van der Waals surface area contributed by atoms with Gasteiger partial charge in [0.05, 0.1) is 5.92 Å². The molecule has 4 heteroatoms. The lowest BCUT2D eigenvalue weighted by Gasteiger charge is -2.19. The highest BCUT2D eigenvalue weighted by Gasteiger charge is 2.34. The number of halogens is 3. The normalized spacial score (nSPS) is 14.9. The molecule has 0 aromatic carbocycles. The highest BCUT2D eigenvalue weighted by molar-refractivity contribution is 6.68. The first-order chi connectivity index (χ1) is 4.39.